The number of nitrogens with two attached hydrogens (primary N) is 1. The smallest absolute Gasteiger partial charge is 0.268 e. The lowest BCUT2D eigenvalue weighted by molar-refractivity contribution is -0.112. The molecule has 0 atom stereocenters. The molecule has 3 aromatic rings. The van der Waals surface area contributed by atoms with Crippen LogP contribution >= 0.6 is 11.3 Å². The summed E-state index contributed by atoms with van der Waals surface area (Å²) in [5.74, 6) is 2.91. The van der Waals surface area contributed by atoms with Gasteiger partial charge in [0.05, 0.1) is 10.5 Å². The number of aromatic nitrogens is 2. The first-order valence-corrected chi connectivity index (χ1v) is 8.43. The molecule has 0 aliphatic carbocycles. The molecular weight excluding hydrogens is 348 g/mol. The first-order valence-electron chi connectivity index (χ1n) is 7.55. The van der Waals surface area contributed by atoms with Crippen molar-refractivity contribution in [3.8, 4) is 34.5 Å². The molecule has 1 aromatic carbocycles. The number of anilines is 1. The molecule has 1 amide bonds. The third kappa shape index (κ3) is 3.88. The van der Waals surface area contributed by atoms with Crippen LogP contribution in [-0.2, 0) is 4.79 Å². The minimum atomic E-state index is -0.355. The second-order valence-electron chi connectivity index (χ2n) is 5.05. The van der Waals surface area contributed by atoms with Gasteiger partial charge >= 0.3 is 0 Å². The molecule has 0 fully saturated rings. The highest BCUT2D eigenvalue weighted by Gasteiger charge is 2.12. The van der Waals surface area contributed by atoms with Crippen molar-refractivity contribution in [2.45, 2.75) is 0 Å². The van der Waals surface area contributed by atoms with Crippen LogP contribution in [-0.4, -0.2) is 16.0 Å². The van der Waals surface area contributed by atoms with E-state index in [0.717, 1.165) is 10.4 Å². The number of allylic oxidation sites excluding steroid dienone is 1. The normalized spacial score (nSPS) is 11.4. The Balaban J connectivity index is 1.72. The van der Waals surface area contributed by atoms with Gasteiger partial charge in [-0.05, 0) is 47.9 Å². The number of nitrogens with zero attached hydrogens (tertiary/aromatic N) is 2. The summed E-state index contributed by atoms with van der Waals surface area (Å²) in [6.45, 7) is 0. The van der Waals surface area contributed by atoms with Crippen LogP contribution in [0.1, 0.15) is 0 Å². The van der Waals surface area contributed by atoms with Gasteiger partial charge in [-0.3, -0.25) is 4.79 Å². The number of terminal acetylenes is 1. The molecule has 26 heavy (non-hydrogen) atoms. The van der Waals surface area contributed by atoms with Crippen molar-refractivity contribution in [1.82, 2.24) is 10.1 Å². The molecule has 0 spiro atoms. The maximum Gasteiger partial charge on any atom is 0.268 e. The van der Waals surface area contributed by atoms with Gasteiger partial charge in [-0.2, -0.15) is 4.98 Å². The quantitative estimate of drug-likeness (QED) is 0.412. The number of nitrogens with one attached hydrogen (secondary N) is 1. The van der Waals surface area contributed by atoms with Crippen molar-refractivity contribution in [1.29, 1.82) is 0 Å². The van der Waals surface area contributed by atoms with E-state index in [4.69, 9.17) is 16.7 Å². The highest BCUT2D eigenvalue weighted by molar-refractivity contribution is 7.13. The number of hydrogen-bond donors (Lipinski definition) is 2. The monoisotopic (exact) mass is 362 g/mol. The van der Waals surface area contributed by atoms with E-state index in [0.29, 0.717) is 17.4 Å². The fourth-order valence-corrected chi connectivity index (χ4v) is 2.74. The molecule has 3 rings (SSSR count). The molecule has 0 radical (unpaired) electrons. The summed E-state index contributed by atoms with van der Waals surface area (Å²) in [6, 6.07) is 10.9. The van der Waals surface area contributed by atoms with E-state index >= 15 is 0 Å². The zero-order chi connectivity index (χ0) is 18.4. The summed E-state index contributed by atoms with van der Waals surface area (Å²) in [4.78, 5) is 17.4. The van der Waals surface area contributed by atoms with Gasteiger partial charge in [-0.15, -0.1) is 17.8 Å². The molecule has 0 aliphatic heterocycles. The van der Waals surface area contributed by atoms with Crippen LogP contribution in [0.5, 0.6) is 0 Å². The Morgan fingerprint density at radius 1 is 1.31 bits per heavy atom. The number of carbonyl (C=O) groups excluding carboxylic acids is 1. The Hall–Kier alpha value is -3.63. The molecule has 0 unspecified atom stereocenters. The van der Waals surface area contributed by atoms with Gasteiger partial charge < -0.3 is 15.6 Å². The zero-order valence-corrected chi connectivity index (χ0v) is 14.4. The molecular formula is C19H14N4O2S. The summed E-state index contributed by atoms with van der Waals surface area (Å²) in [7, 11) is 0. The molecule has 7 heteroatoms. The molecule has 0 saturated heterocycles. The van der Waals surface area contributed by atoms with Crippen molar-refractivity contribution in [3.63, 3.8) is 0 Å². The Kier molecular flexibility index (Phi) is 5.27. The molecule has 0 saturated carbocycles. The van der Waals surface area contributed by atoms with Gasteiger partial charge in [0.25, 0.3) is 11.8 Å². The van der Waals surface area contributed by atoms with Crippen molar-refractivity contribution in [2.75, 3.05) is 5.32 Å². The van der Waals surface area contributed by atoms with Crippen LogP contribution in [0.4, 0.5) is 5.69 Å². The lowest BCUT2D eigenvalue weighted by atomic mass is 10.2. The van der Waals surface area contributed by atoms with Gasteiger partial charge in [0, 0.05) is 17.5 Å². The third-order valence-corrected chi connectivity index (χ3v) is 4.22. The van der Waals surface area contributed by atoms with E-state index in [1.807, 2.05) is 17.5 Å². The molecule has 6 nitrogen and oxygen atoms in total. The second kappa shape index (κ2) is 7.96. The van der Waals surface area contributed by atoms with E-state index in [1.54, 1.807) is 24.3 Å². The molecule has 2 aromatic heterocycles. The van der Waals surface area contributed by atoms with E-state index in [2.05, 4.69) is 21.4 Å². The largest absolute Gasteiger partial charge is 0.404 e. The SMILES string of the molecule is C#C/C=C\C(=C/N)C(=O)Nc1ccc(-c2noc(-c3cccs3)n2)cc1. The van der Waals surface area contributed by atoms with Crippen LogP contribution in [0.2, 0.25) is 0 Å². The van der Waals surface area contributed by atoms with E-state index in [9.17, 15) is 4.79 Å². The summed E-state index contributed by atoms with van der Waals surface area (Å²) in [5.41, 5.74) is 7.09. The highest BCUT2D eigenvalue weighted by Crippen LogP contribution is 2.26. The average Bonchev–Trinajstić information content (AvgIpc) is 3.34. The zero-order valence-electron chi connectivity index (χ0n) is 13.5. The first kappa shape index (κ1) is 17.2. The third-order valence-electron chi connectivity index (χ3n) is 3.36. The van der Waals surface area contributed by atoms with Crippen LogP contribution in [0.25, 0.3) is 22.2 Å². The maximum absolute atomic E-state index is 12.1. The van der Waals surface area contributed by atoms with Gasteiger partial charge in [0.2, 0.25) is 5.82 Å². The lowest BCUT2D eigenvalue weighted by Crippen LogP contribution is -2.14. The van der Waals surface area contributed by atoms with Crippen LogP contribution in [0.3, 0.4) is 0 Å². The minimum Gasteiger partial charge on any atom is -0.404 e. The topological polar surface area (TPSA) is 94.0 Å². The average molecular weight is 362 g/mol. The number of benzene rings is 1. The number of thiophene rings is 1. The number of rotatable bonds is 5. The van der Waals surface area contributed by atoms with Gasteiger partial charge in [-0.25, -0.2) is 0 Å². The Labute approximate surface area is 154 Å². The van der Waals surface area contributed by atoms with E-state index in [-0.39, 0.29) is 11.5 Å². The number of carbonyl (C=O) groups is 1. The van der Waals surface area contributed by atoms with Gasteiger partial charge in [-0.1, -0.05) is 17.1 Å². The fourth-order valence-electron chi connectivity index (χ4n) is 2.09. The predicted octanol–water partition coefficient (Wildman–Crippen LogP) is 3.44. The van der Waals surface area contributed by atoms with Crippen molar-refractivity contribution < 1.29 is 9.32 Å². The lowest BCUT2D eigenvalue weighted by Gasteiger charge is -2.05. The van der Waals surface area contributed by atoms with Gasteiger partial charge in [0.1, 0.15) is 0 Å². The Morgan fingerprint density at radius 3 is 2.77 bits per heavy atom. The van der Waals surface area contributed by atoms with Crippen molar-refractivity contribution >= 4 is 22.9 Å². The van der Waals surface area contributed by atoms with E-state index in [1.165, 1.54) is 29.7 Å². The van der Waals surface area contributed by atoms with E-state index < -0.39 is 0 Å². The maximum atomic E-state index is 12.1. The van der Waals surface area contributed by atoms with Crippen LogP contribution in [0, 0.1) is 12.3 Å². The Bertz CT molecular complexity index is 993. The summed E-state index contributed by atoms with van der Waals surface area (Å²) in [6.07, 6.45) is 9.20. The molecule has 0 bridgehead atoms. The Morgan fingerprint density at radius 2 is 2.12 bits per heavy atom. The second-order valence-corrected chi connectivity index (χ2v) is 6.00. The summed E-state index contributed by atoms with van der Waals surface area (Å²) in [5, 5.41) is 8.67. The molecule has 2 heterocycles. The van der Waals surface area contributed by atoms with Crippen LogP contribution < -0.4 is 11.1 Å². The summed E-state index contributed by atoms with van der Waals surface area (Å²) >= 11 is 1.53. The minimum absolute atomic E-state index is 0.269. The molecule has 128 valence electrons. The van der Waals surface area contributed by atoms with Crippen molar-refractivity contribution in [2.24, 2.45) is 5.73 Å². The van der Waals surface area contributed by atoms with Crippen molar-refractivity contribution in [3.05, 3.63) is 65.7 Å². The number of hydrogen-bond acceptors (Lipinski definition) is 6. The van der Waals surface area contributed by atoms with Gasteiger partial charge in [0.15, 0.2) is 0 Å². The standard InChI is InChI=1S/C19H14N4O2S/c1-2-3-5-14(12-20)18(24)21-15-9-7-13(8-10-15)17-22-19(25-23-17)16-6-4-11-26-16/h1,3-12H,20H2,(H,21,24)/b5-3-,14-12+. The predicted molar refractivity (Wildman–Crippen MR) is 102 cm³/mol. The number of amides is 1. The summed E-state index contributed by atoms with van der Waals surface area (Å²) < 4.78 is 5.28. The van der Waals surface area contributed by atoms with Crippen LogP contribution in [0.15, 0.2) is 70.2 Å². The fraction of sp³-hybridized carbons (Fsp3) is 0. The first-order chi connectivity index (χ1) is 12.7. The highest BCUT2D eigenvalue weighted by atomic mass is 32.1. The molecule has 3 N–H and O–H groups in total. The molecule has 0 aliphatic rings.